The zero-order valence-corrected chi connectivity index (χ0v) is 13.3. The molecule has 0 spiro atoms. The van der Waals surface area contributed by atoms with E-state index in [4.69, 9.17) is 5.11 Å². The molecule has 0 atom stereocenters. The SMILES string of the molecule is C.C.C.C=CC[CH-]O.[CH-]=C.[Rf].[V]. The zero-order chi connectivity index (χ0) is 6.12. The molecule has 0 aromatic heterocycles. The van der Waals surface area contributed by atoms with E-state index in [0.29, 0.717) is 6.42 Å². The Labute approximate surface area is 85.1 Å². The van der Waals surface area contributed by atoms with Crippen molar-refractivity contribution in [3.8, 4) is 0 Å². The molecule has 0 aliphatic carbocycles. The minimum absolute atomic E-state index is 0. The first kappa shape index (κ1) is 68.4. The third-order valence-corrected chi connectivity index (χ3v) is 0.272. The second kappa shape index (κ2) is 199. The van der Waals surface area contributed by atoms with Gasteiger partial charge in [0.25, 0.3) is 0 Å². The molecule has 0 aromatic carbocycles. The van der Waals surface area contributed by atoms with E-state index in [-0.39, 0.29) is 40.8 Å². The Bertz CT molecular complexity index is 43.5. The fourth-order valence-electron chi connectivity index (χ4n) is 0.0745. The van der Waals surface area contributed by atoms with Gasteiger partial charge in [0.15, 0.2) is 0 Å². The predicted octanol–water partition coefficient (Wildman–Crippen LogP) is 3.61. The molecule has 0 rings (SSSR count). The summed E-state index contributed by atoms with van der Waals surface area (Å²) in [5, 5.41) is 7.87. The molecule has 0 bridgehead atoms. The summed E-state index contributed by atoms with van der Waals surface area (Å²) in [5.41, 5.74) is 0. The molecule has 0 amide bonds. The Morgan fingerprint density at radius 3 is 1.50 bits per heavy atom. The molecule has 12 heavy (non-hydrogen) atoms. The second-order valence-corrected chi connectivity index (χ2v) is 0.707. The maximum Gasteiger partial charge on any atom is 0 e. The number of hydrogen-bond donors (Lipinski definition) is 1. The van der Waals surface area contributed by atoms with Crippen LogP contribution in [0.4, 0.5) is 0 Å². The van der Waals surface area contributed by atoms with Crippen LogP contribution in [0.3, 0.4) is 0 Å². The minimum Gasteiger partial charge on any atom is -0.566 e. The molecule has 3 heteroatoms. The Morgan fingerprint density at radius 2 is 1.50 bits per heavy atom. The Hall–Kier alpha value is -0.976. The van der Waals surface area contributed by atoms with Gasteiger partial charge in [0, 0.05) is 18.6 Å². The molecule has 1 nitrogen and oxygen atoms in total. The summed E-state index contributed by atoms with van der Waals surface area (Å²) < 4.78 is 0. The van der Waals surface area contributed by atoms with E-state index in [0.717, 1.165) is 6.61 Å². The maximum atomic E-state index is 7.87. The van der Waals surface area contributed by atoms with Gasteiger partial charge >= 0.3 is 0 Å². The minimum atomic E-state index is 0. The first-order chi connectivity index (χ1) is 3.41. The topological polar surface area (TPSA) is 20.2 Å². The van der Waals surface area contributed by atoms with E-state index in [1.54, 1.807) is 6.08 Å². The standard InChI is InChI=1S/C4H7O.C2H3.3CH4.Rf.V/c1-2-3-4-5;1-2;;;;;/h2,4-5H,1,3H2;1H,2H2;3*1H4;;/q2*-1;;;;;. The Balaban J connectivity index is -0.00000000671. The molecule has 0 aliphatic heterocycles. The molecule has 1 radical (unpaired) electrons. The van der Waals surface area contributed by atoms with E-state index in [2.05, 4.69) is 19.7 Å². The van der Waals surface area contributed by atoms with Gasteiger partial charge in [-0.3, -0.25) is 6.58 Å². The van der Waals surface area contributed by atoms with Gasteiger partial charge in [0.1, 0.15) is 0 Å². The monoisotopic (exact) mass is 464 g/mol. The molecule has 0 aromatic rings. The number of rotatable bonds is 2. The van der Waals surface area contributed by atoms with Gasteiger partial charge in [-0.1, -0.05) is 22.3 Å². The Morgan fingerprint density at radius 1 is 1.25 bits per heavy atom. The molecular formula is C9H22ORfV-2. The van der Waals surface area contributed by atoms with Gasteiger partial charge in [-0.15, -0.1) is 19.1 Å². The quantitative estimate of drug-likeness (QED) is 0.490. The van der Waals surface area contributed by atoms with Gasteiger partial charge in [0.05, 0.1) is 0 Å². The van der Waals surface area contributed by atoms with Crippen molar-refractivity contribution in [1.29, 1.82) is 0 Å². The average molecular weight is 464 g/mol. The molecule has 0 heterocycles. The smallest absolute Gasteiger partial charge is 0 e. The normalized spacial score (nSPS) is 3.42. The molecule has 0 fully saturated rings. The summed E-state index contributed by atoms with van der Waals surface area (Å²) in [4.78, 5) is 0. The number of aliphatic hydroxyl groups excluding tert-OH is 1. The van der Waals surface area contributed by atoms with Crippen molar-refractivity contribution in [3.05, 3.63) is 32.4 Å². The molecule has 1 N–H and O–H groups in total. The van der Waals surface area contributed by atoms with Crippen LogP contribution in [0.15, 0.2) is 19.2 Å². The Kier molecular flexibility index (Phi) is 1140. The van der Waals surface area contributed by atoms with Gasteiger partial charge in [-0.2, -0.15) is 0 Å². The van der Waals surface area contributed by atoms with Crippen LogP contribution in [-0.2, 0) is 18.6 Å². The third-order valence-electron chi connectivity index (χ3n) is 0.272. The summed E-state index contributed by atoms with van der Waals surface area (Å²) >= 11 is 0. The summed E-state index contributed by atoms with van der Waals surface area (Å²) in [6.45, 7) is 11.4. The van der Waals surface area contributed by atoms with Crippen LogP contribution in [0, 0.1) is 13.2 Å². The van der Waals surface area contributed by atoms with Crippen LogP contribution in [0.25, 0.3) is 0 Å². The van der Waals surface area contributed by atoms with Crippen molar-refractivity contribution in [2.45, 2.75) is 28.7 Å². The number of hydrogen-bond acceptors (Lipinski definition) is 1. The molecular weight excluding hydrogens is 442 g/mol. The van der Waals surface area contributed by atoms with E-state index in [1.165, 1.54) is 0 Å². The predicted molar refractivity (Wildman–Crippen MR) is 51.2 cm³/mol. The average Bonchev–Trinajstić information content (AvgIpc) is 1.75. The second-order valence-electron chi connectivity index (χ2n) is 0.707. The summed E-state index contributed by atoms with van der Waals surface area (Å²) in [5.74, 6) is 0. The third kappa shape index (κ3) is 554. The summed E-state index contributed by atoms with van der Waals surface area (Å²) in [7, 11) is 0. The van der Waals surface area contributed by atoms with Crippen LogP contribution in [0.2, 0.25) is 0 Å². The van der Waals surface area contributed by atoms with Gasteiger partial charge in [-0.05, 0) is 0 Å². The number of aliphatic hydroxyl groups is 1. The van der Waals surface area contributed by atoms with E-state index in [9.17, 15) is 0 Å². The van der Waals surface area contributed by atoms with Crippen LogP contribution < -0.4 is 0 Å². The van der Waals surface area contributed by atoms with Gasteiger partial charge < -0.3 is 11.7 Å². The maximum absolute atomic E-state index is 7.87. The first-order valence-corrected chi connectivity index (χ1v) is 1.89. The first-order valence-electron chi connectivity index (χ1n) is 1.89. The van der Waals surface area contributed by atoms with E-state index >= 15 is 0 Å². The van der Waals surface area contributed by atoms with Crippen LogP contribution in [-0.4, -0.2) is 5.11 Å². The van der Waals surface area contributed by atoms with Crippen LogP contribution in [0.1, 0.15) is 28.7 Å². The van der Waals surface area contributed by atoms with Crippen molar-refractivity contribution in [2.24, 2.45) is 0 Å². The van der Waals surface area contributed by atoms with Crippen molar-refractivity contribution in [1.82, 2.24) is 0 Å². The van der Waals surface area contributed by atoms with Gasteiger partial charge in [-0.25, -0.2) is 6.61 Å². The van der Waals surface area contributed by atoms with E-state index in [1.807, 2.05) is 0 Å². The van der Waals surface area contributed by atoms with Crippen molar-refractivity contribution >= 4 is 0 Å². The van der Waals surface area contributed by atoms with Crippen molar-refractivity contribution < 1.29 is 23.7 Å². The molecule has 73 valence electrons. The van der Waals surface area contributed by atoms with Crippen LogP contribution >= 0.6 is 0 Å². The molecule has 0 saturated carbocycles. The summed E-state index contributed by atoms with van der Waals surface area (Å²) in [6, 6.07) is 0. The zero-order valence-electron chi connectivity index (χ0n) is 5.45. The van der Waals surface area contributed by atoms with Gasteiger partial charge in [0.2, 0.25) is 0 Å². The van der Waals surface area contributed by atoms with E-state index < -0.39 is 0 Å². The fraction of sp³-hybridized carbons (Fsp3) is 0.444. The van der Waals surface area contributed by atoms with Crippen LogP contribution in [0.5, 0.6) is 0 Å². The summed E-state index contributed by atoms with van der Waals surface area (Å²) in [6.07, 6.45) is 2.21. The fourth-order valence-corrected chi connectivity index (χ4v) is 0.0745. The molecule has 0 unspecified atom stereocenters. The molecule has 0 aliphatic rings. The molecule has 0 saturated heterocycles. The largest absolute Gasteiger partial charge is 0.566 e. The van der Waals surface area contributed by atoms with Crippen molar-refractivity contribution in [3.63, 3.8) is 0 Å². The van der Waals surface area contributed by atoms with Crippen molar-refractivity contribution in [2.75, 3.05) is 0 Å².